The second kappa shape index (κ2) is 5.75. The summed E-state index contributed by atoms with van der Waals surface area (Å²) < 4.78 is 0.828. The van der Waals surface area contributed by atoms with Gasteiger partial charge < -0.3 is 0 Å². The van der Waals surface area contributed by atoms with Crippen molar-refractivity contribution in [2.24, 2.45) is 12.9 Å². The molecule has 8 heteroatoms. The van der Waals surface area contributed by atoms with Crippen LogP contribution in [0.5, 0.6) is 0 Å². The topological polar surface area (TPSA) is 81.7 Å². The van der Waals surface area contributed by atoms with Crippen LogP contribution in [0.3, 0.4) is 0 Å². The number of rotatable bonds is 4. The van der Waals surface area contributed by atoms with Gasteiger partial charge in [0.1, 0.15) is 0 Å². The van der Waals surface area contributed by atoms with Crippen LogP contribution in [0.15, 0.2) is 22.7 Å². The molecule has 96 valence electrons. The molecular weight excluding hydrogens is 320 g/mol. The molecule has 0 radical (unpaired) electrons. The molecule has 0 saturated heterocycles. The number of halogens is 2. The second-order valence-corrected chi connectivity index (χ2v) is 4.99. The fraction of sp³-hybridized carbons (Fsp3) is 0.300. The number of hydrogen-bond donors (Lipinski definition) is 2. The fourth-order valence-corrected chi connectivity index (χ4v) is 2.28. The van der Waals surface area contributed by atoms with Crippen LogP contribution in [0.2, 0.25) is 5.02 Å². The van der Waals surface area contributed by atoms with Gasteiger partial charge in [0.05, 0.1) is 18.1 Å². The van der Waals surface area contributed by atoms with E-state index in [-0.39, 0.29) is 6.04 Å². The molecule has 1 aromatic heterocycles. The average molecular weight is 332 g/mol. The van der Waals surface area contributed by atoms with E-state index < -0.39 is 0 Å². The summed E-state index contributed by atoms with van der Waals surface area (Å²) in [6, 6.07) is 5.52. The van der Waals surface area contributed by atoms with Crippen molar-refractivity contribution in [3.8, 4) is 0 Å². The van der Waals surface area contributed by atoms with E-state index in [1.165, 1.54) is 4.80 Å². The maximum absolute atomic E-state index is 6.23. The summed E-state index contributed by atoms with van der Waals surface area (Å²) in [4.78, 5) is 1.41. The highest BCUT2D eigenvalue weighted by atomic mass is 79.9. The molecule has 0 amide bonds. The lowest BCUT2D eigenvalue weighted by molar-refractivity contribution is 0.536. The monoisotopic (exact) mass is 330 g/mol. The smallest absolute Gasteiger partial charge is 0.176 e. The van der Waals surface area contributed by atoms with Gasteiger partial charge in [-0.05, 0) is 32.8 Å². The number of tetrazole rings is 1. The molecule has 2 aromatic rings. The van der Waals surface area contributed by atoms with Gasteiger partial charge in [0.2, 0.25) is 0 Å². The van der Waals surface area contributed by atoms with Gasteiger partial charge in [-0.1, -0.05) is 23.7 Å². The standard InChI is InChI=1S/C10H12BrClN6/c1-18-16-9(15-17-18)5-8(14-13)6-3-2-4-7(11)10(6)12/h2-4,8,14H,5,13H2,1H3. The predicted molar refractivity (Wildman–Crippen MR) is 71.7 cm³/mol. The highest BCUT2D eigenvalue weighted by Gasteiger charge is 2.17. The summed E-state index contributed by atoms with van der Waals surface area (Å²) in [6.45, 7) is 0. The molecule has 2 rings (SSSR count). The number of aryl methyl sites for hydroxylation is 1. The molecule has 1 atom stereocenters. The Kier molecular flexibility index (Phi) is 4.28. The first-order chi connectivity index (χ1) is 8.61. The molecular formula is C10H12BrClN6. The molecule has 0 aliphatic rings. The van der Waals surface area contributed by atoms with Crippen LogP contribution in [-0.4, -0.2) is 20.2 Å². The van der Waals surface area contributed by atoms with Gasteiger partial charge in [-0.25, -0.2) is 0 Å². The van der Waals surface area contributed by atoms with Gasteiger partial charge in [-0.3, -0.25) is 11.3 Å². The SMILES string of the molecule is Cn1nnc(CC(NN)c2cccc(Br)c2Cl)n1. The minimum absolute atomic E-state index is 0.167. The molecule has 0 saturated carbocycles. The van der Waals surface area contributed by atoms with Crippen LogP contribution >= 0.6 is 27.5 Å². The largest absolute Gasteiger partial charge is 0.271 e. The molecule has 6 nitrogen and oxygen atoms in total. The van der Waals surface area contributed by atoms with Crippen molar-refractivity contribution in [3.63, 3.8) is 0 Å². The lowest BCUT2D eigenvalue weighted by Crippen LogP contribution is -2.30. The Morgan fingerprint density at radius 3 is 2.94 bits per heavy atom. The van der Waals surface area contributed by atoms with Crippen molar-refractivity contribution in [2.75, 3.05) is 0 Å². The van der Waals surface area contributed by atoms with Gasteiger partial charge >= 0.3 is 0 Å². The van der Waals surface area contributed by atoms with E-state index in [2.05, 4.69) is 36.8 Å². The van der Waals surface area contributed by atoms with Gasteiger partial charge in [0.25, 0.3) is 0 Å². The average Bonchev–Trinajstić information content (AvgIpc) is 2.76. The van der Waals surface area contributed by atoms with Crippen molar-refractivity contribution >= 4 is 27.5 Å². The van der Waals surface area contributed by atoms with Crippen LogP contribution in [0.1, 0.15) is 17.4 Å². The minimum Gasteiger partial charge on any atom is -0.271 e. The van der Waals surface area contributed by atoms with E-state index in [9.17, 15) is 0 Å². The van der Waals surface area contributed by atoms with Gasteiger partial charge in [-0.2, -0.15) is 4.80 Å². The molecule has 18 heavy (non-hydrogen) atoms. The quantitative estimate of drug-likeness (QED) is 0.653. The molecule has 1 unspecified atom stereocenters. The predicted octanol–water partition coefficient (Wildman–Crippen LogP) is 1.37. The van der Waals surface area contributed by atoms with E-state index in [0.29, 0.717) is 17.3 Å². The van der Waals surface area contributed by atoms with Crippen molar-refractivity contribution in [1.29, 1.82) is 0 Å². The zero-order valence-corrected chi connectivity index (χ0v) is 12.0. The molecule has 0 aliphatic carbocycles. The number of hydrazine groups is 1. The Labute approximate surface area is 118 Å². The molecule has 3 N–H and O–H groups in total. The molecule has 1 heterocycles. The Balaban J connectivity index is 2.25. The van der Waals surface area contributed by atoms with Gasteiger partial charge in [0, 0.05) is 10.9 Å². The molecule has 0 bridgehead atoms. The first-order valence-electron chi connectivity index (χ1n) is 5.24. The Morgan fingerprint density at radius 1 is 1.56 bits per heavy atom. The van der Waals surface area contributed by atoms with E-state index in [0.717, 1.165) is 10.0 Å². The van der Waals surface area contributed by atoms with Crippen LogP contribution in [0.25, 0.3) is 0 Å². The van der Waals surface area contributed by atoms with E-state index in [1.54, 1.807) is 7.05 Å². The first kappa shape index (κ1) is 13.4. The molecule has 0 fully saturated rings. The van der Waals surface area contributed by atoms with Gasteiger partial charge in [0.15, 0.2) is 5.82 Å². The molecule has 0 aliphatic heterocycles. The Bertz CT molecular complexity index is 543. The van der Waals surface area contributed by atoms with E-state index >= 15 is 0 Å². The number of nitrogens with two attached hydrogens (primary N) is 1. The van der Waals surface area contributed by atoms with Crippen molar-refractivity contribution in [3.05, 3.63) is 39.1 Å². The minimum atomic E-state index is -0.167. The maximum Gasteiger partial charge on any atom is 0.176 e. The zero-order valence-electron chi connectivity index (χ0n) is 9.64. The lowest BCUT2D eigenvalue weighted by atomic mass is 10.0. The van der Waals surface area contributed by atoms with Crippen molar-refractivity contribution in [1.82, 2.24) is 25.6 Å². The third kappa shape index (κ3) is 2.86. The summed E-state index contributed by atoms with van der Waals surface area (Å²) >= 11 is 9.62. The van der Waals surface area contributed by atoms with E-state index in [4.69, 9.17) is 17.4 Å². The molecule has 0 spiro atoms. The molecule has 1 aromatic carbocycles. The lowest BCUT2D eigenvalue weighted by Gasteiger charge is -2.16. The van der Waals surface area contributed by atoms with Gasteiger partial charge in [-0.15, -0.1) is 10.2 Å². The fourth-order valence-electron chi connectivity index (χ4n) is 1.64. The summed E-state index contributed by atoms with van der Waals surface area (Å²) in [7, 11) is 1.72. The van der Waals surface area contributed by atoms with Crippen LogP contribution in [0.4, 0.5) is 0 Å². The summed E-state index contributed by atoms with van der Waals surface area (Å²) in [5, 5.41) is 12.5. The van der Waals surface area contributed by atoms with Crippen LogP contribution < -0.4 is 11.3 Å². The van der Waals surface area contributed by atoms with Crippen LogP contribution in [0, 0.1) is 0 Å². The third-order valence-electron chi connectivity index (χ3n) is 2.49. The highest BCUT2D eigenvalue weighted by Crippen LogP contribution is 2.30. The number of nitrogens with one attached hydrogen (secondary N) is 1. The zero-order chi connectivity index (χ0) is 13.1. The van der Waals surface area contributed by atoms with E-state index in [1.807, 2.05) is 18.2 Å². The number of benzene rings is 1. The number of aromatic nitrogens is 4. The normalized spacial score (nSPS) is 12.7. The highest BCUT2D eigenvalue weighted by molar-refractivity contribution is 9.10. The Hall–Kier alpha value is -1.02. The van der Waals surface area contributed by atoms with Crippen molar-refractivity contribution < 1.29 is 0 Å². The second-order valence-electron chi connectivity index (χ2n) is 3.76. The number of hydrogen-bond acceptors (Lipinski definition) is 5. The Morgan fingerprint density at radius 2 is 2.33 bits per heavy atom. The van der Waals surface area contributed by atoms with Crippen LogP contribution in [-0.2, 0) is 13.5 Å². The summed E-state index contributed by atoms with van der Waals surface area (Å²) in [5.74, 6) is 6.18. The first-order valence-corrected chi connectivity index (χ1v) is 6.42. The summed E-state index contributed by atoms with van der Waals surface area (Å²) in [6.07, 6.45) is 0.514. The maximum atomic E-state index is 6.23. The number of nitrogens with zero attached hydrogens (tertiary/aromatic N) is 4. The van der Waals surface area contributed by atoms with Crippen molar-refractivity contribution in [2.45, 2.75) is 12.5 Å². The third-order valence-corrected chi connectivity index (χ3v) is 3.81. The summed E-state index contributed by atoms with van der Waals surface area (Å²) in [5.41, 5.74) is 3.61.